The molecule has 1 aromatic heterocycles. The summed E-state index contributed by atoms with van der Waals surface area (Å²) < 4.78 is 78.3. The predicted octanol–water partition coefficient (Wildman–Crippen LogP) is 6.36. The molecule has 0 spiro atoms. The zero-order chi connectivity index (χ0) is 26.8. The Hall–Kier alpha value is -3.34. The maximum atomic E-state index is 13.1. The number of fused-ring (bicyclic) bond motifs is 1. The van der Waals surface area contributed by atoms with E-state index >= 15 is 0 Å². The molecule has 1 unspecified atom stereocenters. The summed E-state index contributed by atoms with van der Waals surface area (Å²) in [5.41, 5.74) is -1.28. The van der Waals surface area contributed by atoms with Gasteiger partial charge in [0.15, 0.2) is 0 Å². The van der Waals surface area contributed by atoms with Crippen LogP contribution in [0.5, 0.6) is 0 Å². The molecule has 4 rings (SSSR count). The molecule has 4 nitrogen and oxygen atoms in total. The molecule has 0 bridgehead atoms. The lowest BCUT2D eigenvalue weighted by molar-refractivity contribution is -0.143. The molecular weight excluding hydrogens is 518 g/mol. The molecule has 1 N–H and O–H groups in total. The van der Waals surface area contributed by atoms with Gasteiger partial charge in [0.2, 0.25) is 11.8 Å². The number of amides is 2. The van der Waals surface area contributed by atoms with Gasteiger partial charge in [-0.15, -0.1) is 11.3 Å². The van der Waals surface area contributed by atoms with Gasteiger partial charge < -0.3 is 10.2 Å². The van der Waals surface area contributed by atoms with Crippen molar-refractivity contribution in [2.24, 2.45) is 0 Å². The molecule has 196 valence electrons. The number of carbonyl (C=O) groups is 2. The van der Waals surface area contributed by atoms with Crippen LogP contribution in [0, 0.1) is 0 Å². The van der Waals surface area contributed by atoms with Crippen LogP contribution in [0.4, 0.5) is 26.3 Å². The fourth-order valence-corrected chi connectivity index (χ4v) is 5.26. The molecule has 11 heteroatoms. The summed E-state index contributed by atoms with van der Waals surface area (Å²) in [6, 6.07) is 12.3. The van der Waals surface area contributed by atoms with Gasteiger partial charge >= 0.3 is 12.4 Å². The Morgan fingerprint density at radius 1 is 0.919 bits per heavy atom. The molecule has 0 saturated heterocycles. The number of hydrogen-bond acceptors (Lipinski definition) is 3. The van der Waals surface area contributed by atoms with Gasteiger partial charge in [-0.25, -0.2) is 0 Å². The smallest absolute Gasteiger partial charge is 0.352 e. The third-order valence-electron chi connectivity index (χ3n) is 6.10. The minimum absolute atomic E-state index is 0.0324. The number of alkyl halides is 6. The molecule has 2 amide bonds. The Morgan fingerprint density at radius 2 is 1.57 bits per heavy atom. The second-order valence-electron chi connectivity index (χ2n) is 8.64. The van der Waals surface area contributed by atoms with E-state index in [-0.39, 0.29) is 36.4 Å². The van der Waals surface area contributed by atoms with E-state index in [0.29, 0.717) is 25.1 Å². The van der Waals surface area contributed by atoms with E-state index < -0.39 is 35.9 Å². The summed E-state index contributed by atoms with van der Waals surface area (Å²) in [5.74, 6) is -0.914. The highest BCUT2D eigenvalue weighted by Crippen LogP contribution is 2.38. The highest BCUT2D eigenvalue weighted by Gasteiger charge is 2.37. The summed E-state index contributed by atoms with van der Waals surface area (Å²) in [4.78, 5) is 28.4. The first-order valence-corrected chi connectivity index (χ1v) is 12.3. The summed E-state index contributed by atoms with van der Waals surface area (Å²) in [5, 5.41) is 4.30. The second-order valence-corrected chi connectivity index (χ2v) is 9.64. The first-order valence-electron chi connectivity index (χ1n) is 11.4. The molecule has 2 heterocycles. The Balaban J connectivity index is 1.41. The van der Waals surface area contributed by atoms with Gasteiger partial charge in [-0.3, -0.25) is 9.59 Å². The van der Waals surface area contributed by atoms with Crippen molar-refractivity contribution < 1.29 is 35.9 Å². The van der Waals surface area contributed by atoms with Gasteiger partial charge in [-0.2, -0.15) is 26.3 Å². The van der Waals surface area contributed by atoms with Crippen molar-refractivity contribution in [3.05, 3.63) is 92.7 Å². The van der Waals surface area contributed by atoms with Crippen LogP contribution in [0.1, 0.15) is 51.6 Å². The van der Waals surface area contributed by atoms with Gasteiger partial charge in [0.1, 0.15) is 0 Å². The van der Waals surface area contributed by atoms with Crippen LogP contribution >= 0.6 is 11.3 Å². The largest absolute Gasteiger partial charge is 0.416 e. The average molecular weight is 541 g/mol. The maximum absolute atomic E-state index is 13.1. The second kappa shape index (κ2) is 10.6. The van der Waals surface area contributed by atoms with E-state index in [4.69, 9.17) is 0 Å². The molecule has 1 aliphatic rings. The van der Waals surface area contributed by atoms with Crippen molar-refractivity contribution in [3.63, 3.8) is 0 Å². The molecule has 1 aliphatic heterocycles. The first-order chi connectivity index (χ1) is 17.4. The summed E-state index contributed by atoms with van der Waals surface area (Å²) >= 11 is 1.62. The summed E-state index contributed by atoms with van der Waals surface area (Å²) in [6.45, 7) is -0.0629. The Morgan fingerprint density at radius 3 is 2.19 bits per heavy atom. The van der Waals surface area contributed by atoms with E-state index in [9.17, 15) is 35.9 Å². The number of nitrogens with one attached hydrogen (secondary N) is 1. The third-order valence-corrected chi connectivity index (χ3v) is 7.10. The van der Waals surface area contributed by atoms with Crippen molar-refractivity contribution in [1.82, 2.24) is 10.2 Å². The van der Waals surface area contributed by atoms with Crippen molar-refractivity contribution in [3.8, 4) is 0 Å². The van der Waals surface area contributed by atoms with Crippen molar-refractivity contribution in [2.45, 2.75) is 44.2 Å². The lowest BCUT2D eigenvalue weighted by Crippen LogP contribution is -2.40. The predicted molar refractivity (Wildman–Crippen MR) is 126 cm³/mol. The fraction of sp³-hybridized carbons (Fsp3) is 0.308. The maximum Gasteiger partial charge on any atom is 0.416 e. The van der Waals surface area contributed by atoms with Gasteiger partial charge in [-0.05, 0) is 52.8 Å². The standard InChI is InChI=1S/C26H22F6N2O2S/c27-25(28,29)18-12-16(13-19(14-18)26(30,31)32)15-33-22(35)6-7-23(36)34-10-8-21-20(9-11-37-21)24(34)17-4-2-1-3-5-17/h1-5,9,11-14,24H,6-8,10,15H2,(H,33,35). The number of halogens is 6. The Labute approximate surface area is 212 Å². The van der Waals surface area contributed by atoms with E-state index in [1.54, 1.807) is 16.2 Å². The molecule has 0 saturated carbocycles. The monoisotopic (exact) mass is 540 g/mol. The summed E-state index contributed by atoms with van der Waals surface area (Å²) in [6.07, 6.45) is -9.66. The van der Waals surface area contributed by atoms with Crippen LogP contribution in [-0.2, 0) is 34.9 Å². The van der Waals surface area contributed by atoms with E-state index in [1.165, 1.54) is 4.88 Å². The SMILES string of the molecule is O=C(CCC(=O)N1CCc2sccc2C1c1ccccc1)NCc1cc(C(F)(F)F)cc(C(F)(F)F)c1. The number of rotatable bonds is 6. The number of nitrogens with zero attached hydrogens (tertiary/aromatic N) is 1. The number of hydrogen-bond donors (Lipinski definition) is 1. The number of thiophene rings is 1. The molecule has 37 heavy (non-hydrogen) atoms. The van der Waals surface area contributed by atoms with Crippen LogP contribution in [0.25, 0.3) is 0 Å². The van der Waals surface area contributed by atoms with Crippen molar-refractivity contribution >= 4 is 23.2 Å². The van der Waals surface area contributed by atoms with E-state index in [2.05, 4.69) is 5.32 Å². The Bertz CT molecular complexity index is 1240. The van der Waals surface area contributed by atoms with Crippen LogP contribution in [0.3, 0.4) is 0 Å². The van der Waals surface area contributed by atoms with Gasteiger partial charge in [0.05, 0.1) is 17.2 Å². The minimum atomic E-state index is -4.97. The Kier molecular flexibility index (Phi) is 7.63. The van der Waals surface area contributed by atoms with Crippen LogP contribution in [0.2, 0.25) is 0 Å². The molecule has 0 radical (unpaired) electrons. The quantitative estimate of drug-likeness (QED) is 0.370. The minimum Gasteiger partial charge on any atom is -0.352 e. The zero-order valence-electron chi connectivity index (χ0n) is 19.3. The fourth-order valence-electron chi connectivity index (χ4n) is 4.35. The van der Waals surface area contributed by atoms with Gasteiger partial charge in [0.25, 0.3) is 0 Å². The van der Waals surface area contributed by atoms with Gasteiger partial charge in [0, 0.05) is 30.8 Å². The number of carbonyl (C=O) groups excluding carboxylic acids is 2. The molecule has 2 aromatic carbocycles. The average Bonchev–Trinajstić information content (AvgIpc) is 3.33. The van der Waals surface area contributed by atoms with E-state index in [1.807, 2.05) is 41.8 Å². The molecule has 1 atom stereocenters. The number of benzene rings is 2. The molecular formula is C26H22F6N2O2S. The van der Waals surface area contributed by atoms with Crippen molar-refractivity contribution in [1.29, 1.82) is 0 Å². The normalized spacial score (nSPS) is 15.8. The van der Waals surface area contributed by atoms with Crippen LogP contribution in [-0.4, -0.2) is 23.3 Å². The first kappa shape index (κ1) is 26.7. The van der Waals surface area contributed by atoms with Crippen molar-refractivity contribution in [2.75, 3.05) is 6.54 Å². The molecule has 0 fully saturated rings. The topological polar surface area (TPSA) is 49.4 Å². The highest BCUT2D eigenvalue weighted by atomic mass is 32.1. The zero-order valence-corrected chi connectivity index (χ0v) is 20.1. The molecule has 3 aromatic rings. The van der Waals surface area contributed by atoms with E-state index in [0.717, 1.165) is 11.1 Å². The molecule has 0 aliphatic carbocycles. The van der Waals surface area contributed by atoms with Gasteiger partial charge in [-0.1, -0.05) is 30.3 Å². The lowest BCUT2D eigenvalue weighted by Gasteiger charge is -2.36. The third kappa shape index (κ3) is 6.33. The summed E-state index contributed by atoms with van der Waals surface area (Å²) in [7, 11) is 0. The van der Waals surface area contributed by atoms with Crippen LogP contribution in [0.15, 0.2) is 60.0 Å². The van der Waals surface area contributed by atoms with Crippen LogP contribution < -0.4 is 5.32 Å². The lowest BCUT2D eigenvalue weighted by atomic mass is 9.93. The highest BCUT2D eigenvalue weighted by molar-refractivity contribution is 7.10.